The number of carbonyl (C=O) groups is 1. The zero-order valence-corrected chi connectivity index (χ0v) is 21.0. The van der Waals surface area contributed by atoms with E-state index >= 15 is 0 Å². The molecule has 4 atom stereocenters. The van der Waals surface area contributed by atoms with Gasteiger partial charge in [-0.25, -0.2) is 0 Å². The van der Waals surface area contributed by atoms with Crippen molar-refractivity contribution in [3.05, 3.63) is 0 Å². The van der Waals surface area contributed by atoms with Crippen LogP contribution in [0.1, 0.15) is 84.0 Å². The topological polar surface area (TPSA) is 37.3 Å². The maximum absolute atomic E-state index is 10.4. The predicted octanol–water partition coefficient (Wildman–Crippen LogP) is 7.83. The Kier molecular flexibility index (Phi) is 17.5. The van der Waals surface area contributed by atoms with Crippen molar-refractivity contribution in [2.45, 2.75) is 103 Å². The highest BCUT2D eigenvalue weighted by molar-refractivity contribution is 9.13. The van der Waals surface area contributed by atoms with Crippen molar-refractivity contribution in [1.82, 2.24) is 0 Å². The molecule has 0 aliphatic carbocycles. The Morgan fingerprint density at radius 1 is 0.750 bits per heavy atom. The van der Waals surface area contributed by atoms with Gasteiger partial charge in [0.1, 0.15) is 0 Å². The molecule has 0 radical (unpaired) electrons. The van der Waals surface area contributed by atoms with E-state index in [-0.39, 0.29) is 0 Å². The highest BCUT2D eigenvalue weighted by atomic mass is 79.9. The Bertz CT molecular complexity index is 315. The van der Waals surface area contributed by atoms with Gasteiger partial charge in [0.25, 0.3) is 0 Å². The lowest BCUT2D eigenvalue weighted by molar-refractivity contribution is -0.137. The molecule has 0 aromatic rings. The summed E-state index contributed by atoms with van der Waals surface area (Å²) in [5.74, 6) is -0.679. The number of rotatable bonds is 16. The fourth-order valence-corrected chi connectivity index (χ4v) is 5.52. The summed E-state index contributed by atoms with van der Waals surface area (Å²) < 4.78 is 0. The molecule has 144 valence electrons. The summed E-state index contributed by atoms with van der Waals surface area (Å²) in [5.41, 5.74) is 0. The molecule has 0 aromatic heterocycles. The van der Waals surface area contributed by atoms with E-state index < -0.39 is 5.97 Å². The van der Waals surface area contributed by atoms with Gasteiger partial charge in [0.2, 0.25) is 0 Å². The van der Waals surface area contributed by atoms with Gasteiger partial charge in [-0.2, -0.15) is 0 Å². The summed E-state index contributed by atoms with van der Waals surface area (Å²) >= 11 is 15.3. The first-order valence-corrected chi connectivity index (χ1v) is 12.8. The number of unbranched alkanes of at least 4 members (excludes halogenated alkanes) is 6. The molecule has 0 spiro atoms. The van der Waals surface area contributed by atoms with Crippen LogP contribution in [0.4, 0.5) is 0 Å². The molecule has 0 bridgehead atoms. The summed E-state index contributed by atoms with van der Waals surface area (Å²) in [6.07, 6.45) is 13.1. The first kappa shape index (κ1) is 25.4. The molecule has 1 N–H and O–H groups in total. The van der Waals surface area contributed by atoms with Crippen LogP contribution in [0, 0.1) is 0 Å². The maximum Gasteiger partial charge on any atom is 0.303 e. The van der Waals surface area contributed by atoms with E-state index in [2.05, 4.69) is 70.6 Å². The van der Waals surface area contributed by atoms with Gasteiger partial charge in [-0.1, -0.05) is 116 Å². The molecule has 0 unspecified atom stereocenters. The lowest BCUT2D eigenvalue weighted by Crippen LogP contribution is -2.23. The first-order chi connectivity index (χ1) is 11.4. The molecule has 2 nitrogen and oxygen atoms in total. The van der Waals surface area contributed by atoms with Crippen molar-refractivity contribution in [2.24, 2.45) is 0 Å². The number of hydrogen-bond acceptors (Lipinski definition) is 1. The molecule has 0 aliphatic heterocycles. The highest BCUT2D eigenvalue weighted by Gasteiger charge is 2.23. The summed E-state index contributed by atoms with van der Waals surface area (Å²) in [6.45, 7) is 2.24. The van der Waals surface area contributed by atoms with Crippen molar-refractivity contribution in [1.29, 1.82) is 0 Å². The Hall–Kier alpha value is 1.39. The maximum atomic E-state index is 10.4. The third-order valence-electron chi connectivity index (χ3n) is 4.19. The smallest absolute Gasteiger partial charge is 0.303 e. The minimum absolute atomic E-state index is 0.309. The van der Waals surface area contributed by atoms with E-state index in [0.717, 1.165) is 32.1 Å². The molecular formula is C18H32Br4O2. The number of hydrogen-bond donors (Lipinski definition) is 1. The van der Waals surface area contributed by atoms with Crippen LogP contribution in [0.5, 0.6) is 0 Å². The van der Waals surface area contributed by atoms with Crippen molar-refractivity contribution < 1.29 is 9.90 Å². The van der Waals surface area contributed by atoms with Crippen LogP contribution < -0.4 is 0 Å². The zero-order valence-electron chi connectivity index (χ0n) is 14.7. The molecule has 0 aromatic carbocycles. The number of halogens is 4. The fourth-order valence-electron chi connectivity index (χ4n) is 2.61. The van der Waals surface area contributed by atoms with Gasteiger partial charge in [0.15, 0.2) is 0 Å². The number of carboxylic acid groups (broad SMARTS) is 1. The van der Waals surface area contributed by atoms with Crippen LogP contribution >= 0.6 is 63.7 Å². The predicted molar refractivity (Wildman–Crippen MR) is 120 cm³/mol. The average Bonchev–Trinajstić information content (AvgIpc) is 2.53. The van der Waals surface area contributed by atoms with Crippen molar-refractivity contribution in [3.63, 3.8) is 0 Å². The lowest BCUT2D eigenvalue weighted by Gasteiger charge is -2.23. The number of carboxylic acids is 1. The van der Waals surface area contributed by atoms with Crippen molar-refractivity contribution in [2.75, 3.05) is 0 Å². The first-order valence-electron chi connectivity index (χ1n) is 9.16. The van der Waals surface area contributed by atoms with Crippen molar-refractivity contribution in [3.8, 4) is 0 Å². The van der Waals surface area contributed by atoms with Crippen LogP contribution in [0.15, 0.2) is 0 Å². The molecule has 6 heteroatoms. The monoisotopic (exact) mass is 596 g/mol. The van der Waals surface area contributed by atoms with E-state index in [1.165, 1.54) is 38.5 Å². The lowest BCUT2D eigenvalue weighted by atomic mass is 10.0. The molecule has 24 heavy (non-hydrogen) atoms. The Morgan fingerprint density at radius 2 is 1.21 bits per heavy atom. The van der Waals surface area contributed by atoms with Crippen LogP contribution in [0.2, 0.25) is 0 Å². The molecule has 0 amide bonds. The van der Waals surface area contributed by atoms with Crippen LogP contribution in [-0.4, -0.2) is 30.4 Å². The van der Waals surface area contributed by atoms with E-state index in [4.69, 9.17) is 5.11 Å². The second-order valence-corrected chi connectivity index (χ2v) is 11.2. The summed E-state index contributed by atoms with van der Waals surface area (Å²) in [5, 5.41) is 8.60. The normalized spacial score (nSPS) is 16.5. The quantitative estimate of drug-likeness (QED) is 0.145. The Balaban J connectivity index is 3.74. The second-order valence-electron chi connectivity index (χ2n) is 6.50. The third-order valence-corrected chi connectivity index (χ3v) is 9.82. The van der Waals surface area contributed by atoms with E-state index in [1.807, 2.05) is 0 Å². The molecule has 0 aliphatic rings. The summed E-state index contributed by atoms with van der Waals surface area (Å²) in [6, 6.07) is 0. The van der Waals surface area contributed by atoms with Gasteiger partial charge in [-0.3, -0.25) is 4.79 Å². The molecule has 0 saturated heterocycles. The van der Waals surface area contributed by atoms with Crippen LogP contribution in [0.3, 0.4) is 0 Å². The summed E-state index contributed by atoms with van der Waals surface area (Å²) in [4.78, 5) is 12.4. The highest BCUT2D eigenvalue weighted by Crippen LogP contribution is 2.31. The standard InChI is InChI=1S/C18H32Br4O2/c1-2-3-7-10-14(19)16(21)13-17(22)15(20)11-8-5-4-6-9-12-18(23)24/h14-17H,2-13H2,1H3,(H,23,24)/t14-,15-,16+,17-/m0/s1. The molecule has 0 heterocycles. The molecule has 0 rings (SSSR count). The molecular weight excluding hydrogens is 568 g/mol. The van der Waals surface area contributed by atoms with Gasteiger partial charge in [0.05, 0.1) is 0 Å². The number of alkyl halides is 4. The van der Waals surface area contributed by atoms with E-state index in [9.17, 15) is 4.79 Å². The van der Waals surface area contributed by atoms with Gasteiger partial charge >= 0.3 is 5.97 Å². The largest absolute Gasteiger partial charge is 0.481 e. The van der Waals surface area contributed by atoms with Gasteiger partial charge in [-0.05, 0) is 25.7 Å². The average molecular weight is 600 g/mol. The number of aliphatic carboxylic acids is 1. The van der Waals surface area contributed by atoms with Crippen molar-refractivity contribution >= 4 is 69.7 Å². The zero-order chi connectivity index (χ0) is 18.4. The molecule has 0 saturated carbocycles. The Labute approximate surface area is 181 Å². The minimum Gasteiger partial charge on any atom is -0.481 e. The SMILES string of the molecule is CCCCC[C@H](Br)[C@H](Br)C[C@H](Br)[C@@H](Br)CCCCCCCC(=O)O. The fraction of sp³-hybridized carbons (Fsp3) is 0.944. The van der Waals surface area contributed by atoms with Crippen LogP contribution in [-0.2, 0) is 4.79 Å². The van der Waals surface area contributed by atoms with Gasteiger partial charge in [0, 0.05) is 25.7 Å². The molecule has 0 fully saturated rings. The second kappa shape index (κ2) is 16.6. The van der Waals surface area contributed by atoms with Gasteiger partial charge in [-0.15, -0.1) is 0 Å². The van der Waals surface area contributed by atoms with Gasteiger partial charge < -0.3 is 5.11 Å². The van der Waals surface area contributed by atoms with E-state index in [0.29, 0.717) is 25.7 Å². The van der Waals surface area contributed by atoms with E-state index in [1.54, 1.807) is 0 Å². The van der Waals surface area contributed by atoms with Crippen LogP contribution in [0.25, 0.3) is 0 Å². The minimum atomic E-state index is -0.679. The Morgan fingerprint density at radius 3 is 1.71 bits per heavy atom. The third kappa shape index (κ3) is 14.5. The summed E-state index contributed by atoms with van der Waals surface area (Å²) in [7, 11) is 0.